The summed E-state index contributed by atoms with van der Waals surface area (Å²) in [6.07, 6.45) is 0. The Hall–Kier alpha value is -7.96. The topological polar surface area (TPSA) is 192 Å². The molecule has 0 N–H and O–H groups in total. The van der Waals surface area contributed by atoms with Gasteiger partial charge in [-0.2, -0.15) is 0 Å². The Balaban J connectivity index is 0.00000321. The number of aromatic nitrogens is 8. The Kier molecular flexibility index (Phi) is 13.0. The van der Waals surface area contributed by atoms with Crippen molar-refractivity contribution in [3.05, 3.63) is 154 Å². The average Bonchev–Trinajstić information content (AvgIpc) is 3.95. The molecule has 2 heterocycles. The number of benzene rings is 6. The Bertz CT molecular complexity index is 2680. The third-order valence-electron chi connectivity index (χ3n) is 9.52. The van der Waals surface area contributed by atoms with Gasteiger partial charge >= 0.3 is 11.6 Å². The summed E-state index contributed by atoms with van der Waals surface area (Å²) < 4.78 is 22.5. The summed E-state index contributed by atoms with van der Waals surface area (Å²) in [5.74, 6) is 3.02. The fourth-order valence-corrected chi connectivity index (χ4v) is 6.39. The van der Waals surface area contributed by atoms with Gasteiger partial charge in [0.15, 0.2) is 11.5 Å². The molecule has 8 rings (SSSR count). The van der Waals surface area contributed by atoms with E-state index in [4.69, 9.17) is 39.3 Å². The molecular formula is C42H34Cl2N10O8. The third kappa shape index (κ3) is 8.53. The summed E-state index contributed by atoms with van der Waals surface area (Å²) in [5.41, 5.74) is 4.97. The molecule has 314 valence electrons. The number of halogens is 2. The first kappa shape index (κ1) is 43.6. The van der Waals surface area contributed by atoms with Crippen LogP contribution in [0.5, 0.6) is 23.0 Å². The zero-order valence-corrected chi connectivity index (χ0v) is 34.7. The van der Waals surface area contributed by atoms with Gasteiger partial charge in [0, 0.05) is 33.9 Å². The summed E-state index contributed by atoms with van der Waals surface area (Å²) in [4.78, 5) is 28.1. The molecule has 0 aliphatic heterocycles. The first-order valence-corrected chi connectivity index (χ1v) is 18.1. The van der Waals surface area contributed by atoms with E-state index in [2.05, 4.69) is 0 Å². The van der Waals surface area contributed by atoms with Gasteiger partial charge in [-0.15, -0.1) is 0 Å². The van der Waals surface area contributed by atoms with E-state index >= 15 is 0 Å². The van der Waals surface area contributed by atoms with Crippen molar-refractivity contribution in [2.75, 3.05) is 28.4 Å². The van der Waals surface area contributed by atoms with Crippen LogP contribution in [0.4, 0.5) is 11.4 Å². The van der Waals surface area contributed by atoms with E-state index in [1.807, 2.05) is 60.7 Å². The second-order valence-corrected chi connectivity index (χ2v) is 13.0. The van der Waals surface area contributed by atoms with E-state index in [0.29, 0.717) is 68.5 Å². The average molecular weight is 878 g/mol. The molecule has 0 aliphatic rings. The zero-order chi connectivity index (χ0) is 41.9. The van der Waals surface area contributed by atoms with Crippen molar-refractivity contribution in [1.29, 1.82) is 0 Å². The van der Waals surface area contributed by atoms with Crippen LogP contribution in [0.1, 0.15) is 0 Å². The maximum absolute atomic E-state index is 11.4. The minimum absolute atomic E-state index is 0. The van der Waals surface area contributed by atoms with Crippen LogP contribution in [-0.2, 0) is 0 Å². The molecule has 0 fully saturated rings. The maximum Gasteiger partial charge on any atom is 0.340 e. The van der Waals surface area contributed by atoms with Crippen LogP contribution in [0.3, 0.4) is 0 Å². The largest absolute Gasteiger partial charge is 1.00 e. The monoisotopic (exact) mass is 876 g/mol. The highest BCUT2D eigenvalue weighted by atomic mass is 35.5. The van der Waals surface area contributed by atoms with Crippen LogP contribution in [-0.4, -0.2) is 68.3 Å². The second kappa shape index (κ2) is 18.5. The van der Waals surface area contributed by atoms with E-state index in [1.165, 1.54) is 33.9 Å². The van der Waals surface area contributed by atoms with Crippen LogP contribution < -0.4 is 53.4 Å². The van der Waals surface area contributed by atoms with Gasteiger partial charge in [0.1, 0.15) is 22.9 Å². The van der Waals surface area contributed by atoms with E-state index in [0.717, 1.165) is 11.1 Å². The van der Waals surface area contributed by atoms with E-state index in [-0.39, 0.29) is 36.2 Å². The minimum atomic E-state index is -0.465. The smallest absolute Gasteiger partial charge is 0.340 e. The van der Waals surface area contributed by atoms with Gasteiger partial charge < -0.3 is 43.8 Å². The fraction of sp³-hybridized carbons (Fsp3) is 0.0952. The molecular weight excluding hydrogens is 843 g/mol. The van der Waals surface area contributed by atoms with E-state index in [9.17, 15) is 20.2 Å². The van der Waals surface area contributed by atoms with Crippen molar-refractivity contribution in [2.45, 2.75) is 0 Å². The molecule has 20 heteroatoms. The molecule has 8 aromatic rings. The summed E-state index contributed by atoms with van der Waals surface area (Å²) in [6, 6.07) is 37.7. The van der Waals surface area contributed by atoms with Gasteiger partial charge in [0.05, 0.1) is 59.6 Å². The minimum Gasteiger partial charge on any atom is -1.00 e. The lowest BCUT2D eigenvalue weighted by Gasteiger charge is -2.11. The molecule has 0 radical (unpaired) electrons. The fourth-order valence-electron chi connectivity index (χ4n) is 6.39. The lowest BCUT2D eigenvalue weighted by Crippen LogP contribution is -3.00. The van der Waals surface area contributed by atoms with Crippen molar-refractivity contribution >= 4 is 11.4 Å². The molecule has 0 amide bonds. The SMILES string of the molecule is COc1ccc(-c2nn(-c3ccc([N+](=O)[O-])cc3)[n+](-c3ccc(-c4ccc(-[n+]5nc(-c6ccc(OC)cc6)nn5-c5ccc([N+](=O)[O-])cc5)c(OC)c4)cc3OC)n2)cc1.[Cl-].[Cl-]. The number of rotatable bonds is 13. The van der Waals surface area contributed by atoms with Gasteiger partial charge in [-0.1, -0.05) is 0 Å². The first-order valence-electron chi connectivity index (χ1n) is 18.1. The molecule has 0 atom stereocenters. The number of ether oxygens (including phenoxy) is 4. The zero-order valence-electron chi connectivity index (χ0n) is 33.2. The van der Waals surface area contributed by atoms with Crippen LogP contribution in [0.2, 0.25) is 0 Å². The summed E-state index contributed by atoms with van der Waals surface area (Å²) in [6.45, 7) is 0. The lowest BCUT2D eigenvalue weighted by molar-refractivity contribution is -0.734. The van der Waals surface area contributed by atoms with Crippen molar-refractivity contribution in [1.82, 2.24) is 30.0 Å². The summed E-state index contributed by atoms with van der Waals surface area (Å²) in [7, 11) is 6.26. The van der Waals surface area contributed by atoms with E-state index < -0.39 is 9.85 Å². The predicted molar refractivity (Wildman–Crippen MR) is 215 cm³/mol. The molecule has 2 aromatic heterocycles. The van der Waals surface area contributed by atoms with Crippen LogP contribution in [0.25, 0.3) is 56.7 Å². The number of methoxy groups -OCH3 is 4. The number of nitro benzene ring substituents is 2. The maximum atomic E-state index is 11.4. The van der Waals surface area contributed by atoms with Crippen molar-refractivity contribution < 1.29 is 63.2 Å². The highest BCUT2D eigenvalue weighted by molar-refractivity contribution is 5.70. The molecule has 0 aliphatic carbocycles. The molecule has 0 saturated carbocycles. The van der Waals surface area contributed by atoms with Crippen molar-refractivity contribution in [3.63, 3.8) is 0 Å². The highest BCUT2D eigenvalue weighted by Gasteiger charge is 2.29. The number of hydrogen-bond acceptors (Lipinski definition) is 12. The molecule has 0 unspecified atom stereocenters. The predicted octanol–water partition coefficient (Wildman–Crippen LogP) is 0.261. The third-order valence-corrected chi connectivity index (χ3v) is 9.52. The van der Waals surface area contributed by atoms with Crippen LogP contribution in [0.15, 0.2) is 133 Å². The molecule has 62 heavy (non-hydrogen) atoms. The van der Waals surface area contributed by atoms with Gasteiger partial charge in [-0.25, -0.2) is 0 Å². The van der Waals surface area contributed by atoms with Crippen LogP contribution >= 0.6 is 0 Å². The van der Waals surface area contributed by atoms with E-state index in [1.54, 1.807) is 86.6 Å². The lowest BCUT2D eigenvalue weighted by atomic mass is 10.0. The number of tetrazole rings is 2. The highest BCUT2D eigenvalue weighted by Crippen LogP contribution is 2.32. The molecule has 0 spiro atoms. The Morgan fingerprint density at radius 2 is 0.806 bits per heavy atom. The van der Waals surface area contributed by atoms with Crippen molar-refractivity contribution in [2.24, 2.45) is 0 Å². The molecule has 0 saturated heterocycles. The standard InChI is InChI=1S/C42H34N10O8.2ClH/c1-57-35-19-5-27(6-20-35)41-43-47(31-11-15-33(16-12-31)51(53)54)49(45-41)37-23-9-29(25-39(37)59-3)30-10-24-38(40(26-30)60-4)50-46-42(28-7-21-36(58-2)22-8-28)44-48(50)32-13-17-34(18-14-32)52(55)56;;/h5-26H,1-4H3;2*1H/q+2;;/p-2. The summed E-state index contributed by atoms with van der Waals surface area (Å²) >= 11 is 0. The number of hydrogen-bond donors (Lipinski definition) is 0. The normalized spacial score (nSPS) is 10.6. The number of non-ortho nitro benzene ring substituents is 2. The Morgan fingerprint density at radius 3 is 1.11 bits per heavy atom. The Labute approximate surface area is 365 Å². The van der Waals surface area contributed by atoms with Gasteiger partial charge in [0.2, 0.25) is 11.4 Å². The quantitative estimate of drug-likeness (QED) is 0.0874. The number of nitrogens with zero attached hydrogens (tertiary/aromatic N) is 10. The molecule has 6 aromatic carbocycles. The second-order valence-electron chi connectivity index (χ2n) is 13.0. The van der Waals surface area contributed by atoms with Crippen molar-refractivity contribution in [3.8, 4) is 79.7 Å². The Morgan fingerprint density at radius 1 is 0.468 bits per heavy atom. The number of nitro groups is 2. The van der Waals surface area contributed by atoms with Gasteiger partial charge in [-0.3, -0.25) is 20.2 Å². The molecule has 18 nitrogen and oxygen atoms in total. The van der Waals surface area contributed by atoms with Crippen LogP contribution in [0, 0.1) is 20.2 Å². The summed E-state index contributed by atoms with van der Waals surface area (Å²) in [5, 5.41) is 42.1. The first-order chi connectivity index (χ1) is 29.2. The van der Waals surface area contributed by atoms with Gasteiger partial charge in [-0.05, 0) is 140 Å². The molecule has 0 bridgehead atoms. The van der Waals surface area contributed by atoms with Gasteiger partial charge in [0.25, 0.3) is 11.4 Å².